The Kier molecular flexibility index (Phi) is 6.25. The number of carbonyl (C=O) groups is 1. The van der Waals surface area contributed by atoms with Gasteiger partial charge >= 0.3 is 13.2 Å². The lowest BCUT2D eigenvalue weighted by Gasteiger charge is -2.32. The fourth-order valence-electron chi connectivity index (χ4n) is 2.34. The van der Waals surface area contributed by atoms with Gasteiger partial charge in [0.05, 0.1) is 23.9 Å². The molecule has 0 aliphatic carbocycles. The lowest BCUT2D eigenvalue weighted by atomic mass is 9.87. The van der Waals surface area contributed by atoms with E-state index in [0.717, 1.165) is 0 Å². The molecule has 1 saturated heterocycles. The first-order chi connectivity index (χ1) is 12.7. The molecule has 1 aliphatic rings. The van der Waals surface area contributed by atoms with E-state index in [-0.39, 0.29) is 0 Å². The van der Waals surface area contributed by atoms with Gasteiger partial charge in [0.25, 0.3) is 0 Å². The maximum atomic E-state index is 14.5. The largest absolute Gasteiger partial charge is 0.525 e. The van der Waals surface area contributed by atoms with Gasteiger partial charge < -0.3 is 18.9 Å². The third-order valence-electron chi connectivity index (χ3n) is 4.69. The van der Waals surface area contributed by atoms with Crippen LogP contribution in [0.15, 0.2) is 11.9 Å². The third kappa shape index (κ3) is 5.54. The molecule has 8 nitrogen and oxygen atoms in total. The Morgan fingerprint density at radius 3 is 2.43 bits per heavy atom. The summed E-state index contributed by atoms with van der Waals surface area (Å²) in [5.74, 6) is 0. The molecule has 0 N–H and O–H groups in total. The molecular formula is C18H30BFN4O4. The highest BCUT2D eigenvalue weighted by molar-refractivity contribution is 6.54. The Labute approximate surface area is 166 Å². The van der Waals surface area contributed by atoms with Crippen LogP contribution in [0.4, 0.5) is 9.18 Å². The minimum Gasteiger partial charge on any atom is -0.444 e. The lowest BCUT2D eigenvalue weighted by molar-refractivity contribution is 0.00578. The van der Waals surface area contributed by atoms with E-state index in [2.05, 4.69) is 10.3 Å². The molecule has 1 fully saturated rings. The minimum absolute atomic E-state index is 0.340. The second kappa shape index (κ2) is 7.83. The second-order valence-corrected chi connectivity index (χ2v) is 8.93. The van der Waals surface area contributed by atoms with Crippen LogP contribution in [-0.2, 0) is 20.6 Å². The smallest absolute Gasteiger partial charge is 0.444 e. The SMILES string of the molecule is CN(CCn1cc(C=C(F)B2OC(C)(C)C(C)(C)O2)nn1)C(=O)OC(C)(C)C. The predicted molar refractivity (Wildman–Crippen MR) is 104 cm³/mol. The number of likely N-dealkylation sites (N-methyl/N-ethyl adjacent to an activating group) is 1. The molecule has 0 unspecified atom stereocenters. The van der Waals surface area contributed by atoms with Crippen LogP contribution in [0.25, 0.3) is 6.08 Å². The van der Waals surface area contributed by atoms with Gasteiger partial charge in [0, 0.05) is 13.6 Å². The van der Waals surface area contributed by atoms with Gasteiger partial charge in [-0.05, 0) is 54.5 Å². The normalized spacial score (nSPS) is 19.0. The topological polar surface area (TPSA) is 78.7 Å². The highest BCUT2D eigenvalue weighted by atomic mass is 19.1. The molecule has 0 atom stereocenters. The zero-order valence-corrected chi connectivity index (χ0v) is 17.9. The maximum Gasteiger partial charge on any atom is 0.525 e. The van der Waals surface area contributed by atoms with Crippen molar-refractivity contribution < 1.29 is 23.2 Å². The maximum absolute atomic E-state index is 14.5. The lowest BCUT2D eigenvalue weighted by Crippen LogP contribution is -2.41. The van der Waals surface area contributed by atoms with Gasteiger partial charge in [-0.1, -0.05) is 5.21 Å². The molecule has 1 amide bonds. The van der Waals surface area contributed by atoms with Crippen LogP contribution < -0.4 is 0 Å². The number of rotatable bonds is 5. The molecule has 0 radical (unpaired) electrons. The van der Waals surface area contributed by atoms with Crippen LogP contribution >= 0.6 is 0 Å². The number of amides is 1. The van der Waals surface area contributed by atoms with Crippen LogP contribution in [0, 0.1) is 0 Å². The van der Waals surface area contributed by atoms with Crippen molar-refractivity contribution in [3.05, 3.63) is 17.6 Å². The summed E-state index contributed by atoms with van der Waals surface area (Å²) < 4.78 is 32.7. The molecular weight excluding hydrogens is 366 g/mol. The second-order valence-electron chi connectivity index (χ2n) is 8.93. The summed E-state index contributed by atoms with van der Waals surface area (Å²) in [4.78, 5) is 13.4. The molecule has 0 bridgehead atoms. The number of carbonyl (C=O) groups excluding carboxylic acids is 1. The van der Waals surface area contributed by atoms with Crippen molar-refractivity contribution in [1.29, 1.82) is 0 Å². The van der Waals surface area contributed by atoms with Gasteiger partial charge in [0.1, 0.15) is 17.0 Å². The highest BCUT2D eigenvalue weighted by Gasteiger charge is 2.53. The van der Waals surface area contributed by atoms with Crippen LogP contribution in [0.1, 0.15) is 54.2 Å². The fraction of sp³-hybridized carbons (Fsp3) is 0.722. The fourth-order valence-corrected chi connectivity index (χ4v) is 2.34. The third-order valence-corrected chi connectivity index (χ3v) is 4.69. The van der Waals surface area contributed by atoms with E-state index in [0.29, 0.717) is 18.8 Å². The molecule has 0 saturated carbocycles. The van der Waals surface area contributed by atoms with Gasteiger partial charge in [-0.2, -0.15) is 0 Å². The number of aromatic nitrogens is 3. The number of halogens is 1. The van der Waals surface area contributed by atoms with Gasteiger partial charge in [-0.3, -0.25) is 4.68 Å². The van der Waals surface area contributed by atoms with Crippen molar-refractivity contribution in [3.63, 3.8) is 0 Å². The van der Waals surface area contributed by atoms with Crippen molar-refractivity contribution in [2.24, 2.45) is 0 Å². The molecule has 0 spiro atoms. The van der Waals surface area contributed by atoms with E-state index in [1.54, 1.807) is 13.2 Å². The van der Waals surface area contributed by atoms with E-state index in [1.807, 2.05) is 48.5 Å². The first-order valence-electron chi connectivity index (χ1n) is 9.27. The van der Waals surface area contributed by atoms with Crippen LogP contribution in [0.5, 0.6) is 0 Å². The van der Waals surface area contributed by atoms with E-state index in [9.17, 15) is 9.18 Å². The van der Waals surface area contributed by atoms with Crippen molar-refractivity contribution in [2.45, 2.75) is 71.8 Å². The van der Waals surface area contributed by atoms with Crippen LogP contribution in [0.2, 0.25) is 0 Å². The van der Waals surface area contributed by atoms with Gasteiger partial charge in [0.2, 0.25) is 0 Å². The Hall–Kier alpha value is -1.94. The average Bonchev–Trinajstić information content (AvgIpc) is 3.05. The summed E-state index contributed by atoms with van der Waals surface area (Å²) in [5, 5.41) is 7.89. The minimum atomic E-state index is -1.08. The Balaban J connectivity index is 1.93. The highest BCUT2D eigenvalue weighted by Crippen LogP contribution is 2.38. The van der Waals surface area contributed by atoms with Gasteiger partial charge in [-0.25, -0.2) is 9.18 Å². The molecule has 1 aromatic heterocycles. The summed E-state index contributed by atoms with van der Waals surface area (Å²) in [6.45, 7) is 13.6. The molecule has 1 aromatic rings. The Bertz CT molecular complexity index is 726. The molecule has 0 aromatic carbocycles. The molecule has 156 valence electrons. The zero-order valence-electron chi connectivity index (χ0n) is 17.9. The standard InChI is InChI=1S/C18H30BFN4O4/c1-16(2,3)26-15(25)23(8)9-10-24-12-13(21-22-24)11-14(20)19-27-17(4,5)18(6,7)28-19/h11-12H,9-10H2,1-8H3. The quantitative estimate of drug-likeness (QED) is 0.712. The molecule has 2 heterocycles. The van der Waals surface area contributed by atoms with E-state index in [1.165, 1.54) is 15.7 Å². The zero-order chi connectivity index (χ0) is 21.3. The summed E-state index contributed by atoms with van der Waals surface area (Å²) in [5.41, 5.74) is -2.02. The summed E-state index contributed by atoms with van der Waals surface area (Å²) in [6, 6.07) is 0. The molecule has 10 heteroatoms. The Morgan fingerprint density at radius 1 is 1.32 bits per heavy atom. The van der Waals surface area contributed by atoms with Crippen molar-refractivity contribution in [2.75, 3.05) is 13.6 Å². The number of hydrogen-bond donors (Lipinski definition) is 0. The number of ether oxygens (including phenoxy) is 1. The first kappa shape index (κ1) is 22.4. The summed E-state index contributed by atoms with van der Waals surface area (Å²) in [6.07, 6.45) is 2.41. The monoisotopic (exact) mass is 396 g/mol. The average molecular weight is 396 g/mol. The summed E-state index contributed by atoms with van der Waals surface area (Å²) >= 11 is 0. The van der Waals surface area contributed by atoms with Crippen LogP contribution in [0.3, 0.4) is 0 Å². The van der Waals surface area contributed by atoms with Gasteiger partial charge in [-0.15, -0.1) is 5.10 Å². The van der Waals surface area contributed by atoms with Crippen LogP contribution in [-0.4, -0.2) is 63.5 Å². The van der Waals surface area contributed by atoms with Crippen molar-refractivity contribution in [1.82, 2.24) is 19.9 Å². The van der Waals surface area contributed by atoms with E-state index >= 15 is 0 Å². The predicted octanol–water partition coefficient (Wildman–Crippen LogP) is 3.09. The van der Waals surface area contributed by atoms with Gasteiger partial charge in [0.15, 0.2) is 0 Å². The molecule has 1 aliphatic heterocycles. The van der Waals surface area contributed by atoms with E-state index in [4.69, 9.17) is 14.0 Å². The molecule has 28 heavy (non-hydrogen) atoms. The number of nitrogens with zero attached hydrogens (tertiary/aromatic N) is 4. The first-order valence-corrected chi connectivity index (χ1v) is 9.27. The molecule has 2 rings (SSSR count). The van der Waals surface area contributed by atoms with E-state index < -0.39 is 35.7 Å². The van der Waals surface area contributed by atoms with Crippen molar-refractivity contribution in [3.8, 4) is 0 Å². The Morgan fingerprint density at radius 2 is 1.89 bits per heavy atom. The summed E-state index contributed by atoms with van der Waals surface area (Å²) in [7, 11) is 0.567. The number of hydrogen-bond acceptors (Lipinski definition) is 6. The van der Waals surface area contributed by atoms with Crippen molar-refractivity contribution >= 4 is 19.3 Å².